The van der Waals surface area contributed by atoms with E-state index in [9.17, 15) is 9.59 Å². The lowest BCUT2D eigenvalue weighted by molar-refractivity contribution is -0.153. The molecule has 0 radical (unpaired) electrons. The van der Waals surface area contributed by atoms with Crippen molar-refractivity contribution < 1.29 is 19.5 Å². The van der Waals surface area contributed by atoms with Crippen molar-refractivity contribution in [3.8, 4) is 0 Å². The highest BCUT2D eigenvalue weighted by Gasteiger charge is 2.32. The lowest BCUT2D eigenvalue weighted by atomic mass is 9.83. The highest BCUT2D eigenvalue weighted by Crippen LogP contribution is 2.30. The smallest absolute Gasteiger partial charge is 0.323 e. The zero-order valence-corrected chi connectivity index (χ0v) is 25.1. The molecule has 0 unspecified atom stereocenters. The molecule has 3 aliphatic rings. The maximum absolute atomic E-state index is 13.1. The predicted molar refractivity (Wildman–Crippen MR) is 166 cm³/mol. The molecule has 1 saturated heterocycles. The molecule has 5 rings (SSSR count). The molecule has 2 aliphatic carbocycles. The molecule has 42 heavy (non-hydrogen) atoms. The highest BCUT2D eigenvalue weighted by atomic mass is 16.5. The van der Waals surface area contributed by atoms with Crippen LogP contribution in [0.4, 0.5) is 5.69 Å². The Hall–Kier alpha value is -2.90. The lowest BCUT2D eigenvalue weighted by Crippen LogP contribution is -2.45. The van der Waals surface area contributed by atoms with Gasteiger partial charge in [-0.25, -0.2) is 5.48 Å². The molecule has 3 fully saturated rings. The summed E-state index contributed by atoms with van der Waals surface area (Å²) in [6.07, 6.45) is 16.4. The molecule has 3 N–H and O–H groups in total. The summed E-state index contributed by atoms with van der Waals surface area (Å²) < 4.78 is 5.95. The van der Waals surface area contributed by atoms with Gasteiger partial charge in [-0.3, -0.25) is 14.8 Å². The van der Waals surface area contributed by atoms with Crippen molar-refractivity contribution >= 4 is 17.6 Å². The van der Waals surface area contributed by atoms with Crippen LogP contribution in [0.25, 0.3) is 0 Å². The highest BCUT2D eigenvalue weighted by molar-refractivity contribution is 5.93. The van der Waals surface area contributed by atoms with E-state index in [1.807, 2.05) is 12.1 Å². The minimum Gasteiger partial charge on any atom is -0.461 e. The lowest BCUT2D eigenvalue weighted by Gasteiger charge is -2.33. The minimum atomic E-state index is -0.480. The number of hydrogen-bond acceptors (Lipinski definition) is 6. The molecule has 7 nitrogen and oxygen atoms in total. The molecule has 0 aromatic heterocycles. The zero-order chi connectivity index (χ0) is 29.1. The summed E-state index contributed by atoms with van der Waals surface area (Å²) in [5.74, 6) is 0.636. The first-order chi connectivity index (χ1) is 20.6. The van der Waals surface area contributed by atoms with E-state index in [-0.39, 0.29) is 18.1 Å². The van der Waals surface area contributed by atoms with Crippen LogP contribution in [-0.2, 0) is 22.5 Å². The van der Waals surface area contributed by atoms with Gasteiger partial charge < -0.3 is 15.0 Å². The molecule has 7 heteroatoms. The first kappa shape index (κ1) is 30.6. The monoisotopic (exact) mass is 575 g/mol. The van der Waals surface area contributed by atoms with Crippen LogP contribution in [0.15, 0.2) is 48.5 Å². The van der Waals surface area contributed by atoms with Gasteiger partial charge in [0.15, 0.2) is 0 Å². The number of esters is 1. The molecule has 1 atom stereocenters. The minimum absolute atomic E-state index is 0.0266. The first-order valence-corrected chi connectivity index (χ1v) is 16.4. The predicted octanol–water partition coefficient (Wildman–Crippen LogP) is 6.57. The van der Waals surface area contributed by atoms with Gasteiger partial charge in [0.2, 0.25) is 0 Å². The van der Waals surface area contributed by atoms with E-state index in [0.717, 1.165) is 56.8 Å². The van der Waals surface area contributed by atoms with Crippen LogP contribution in [0, 0.1) is 11.8 Å². The Balaban J connectivity index is 1.03. The van der Waals surface area contributed by atoms with Gasteiger partial charge in [0.25, 0.3) is 5.91 Å². The first-order valence-electron chi connectivity index (χ1n) is 16.4. The fourth-order valence-electron chi connectivity index (χ4n) is 7.17. The number of hydroxylamine groups is 1. The Morgan fingerprint density at radius 2 is 1.48 bits per heavy atom. The summed E-state index contributed by atoms with van der Waals surface area (Å²) in [6, 6.07) is 16.2. The number of nitrogens with one attached hydrogen (secondary N) is 2. The number of carbonyl (C=O) groups is 2. The summed E-state index contributed by atoms with van der Waals surface area (Å²) in [6.45, 7) is 2.78. The number of piperidine rings is 1. The van der Waals surface area contributed by atoms with Gasteiger partial charge >= 0.3 is 5.97 Å². The second-order valence-corrected chi connectivity index (χ2v) is 12.7. The molecular weight excluding hydrogens is 526 g/mol. The maximum atomic E-state index is 13.1. The number of anilines is 1. The summed E-state index contributed by atoms with van der Waals surface area (Å²) in [4.78, 5) is 27.1. The van der Waals surface area contributed by atoms with E-state index in [4.69, 9.17) is 9.94 Å². The standard InChI is InChI=1S/C35H49N3O4/c39-34(37-41)30-17-19-31(20-18-30)38-23-21-27(22-24-38)8-6-7-26-13-15-28(16-14-26)25-36-33(29-9-2-1-3-10-29)35(40)42-32-11-4-5-12-32/h13-20,27,29,32-33,36,41H,1-12,21-25H2,(H,37,39)/t33-/m0/s1. The molecule has 1 aliphatic heterocycles. The van der Waals surface area contributed by atoms with Crippen molar-refractivity contribution in [3.05, 3.63) is 65.2 Å². The summed E-state index contributed by atoms with van der Waals surface area (Å²) in [5, 5.41) is 12.4. The van der Waals surface area contributed by atoms with Crippen molar-refractivity contribution in [2.45, 2.75) is 109 Å². The second kappa shape index (κ2) is 15.5. The van der Waals surface area contributed by atoms with E-state index in [2.05, 4.69) is 34.5 Å². The summed E-state index contributed by atoms with van der Waals surface area (Å²) >= 11 is 0. The van der Waals surface area contributed by atoms with Gasteiger partial charge in [-0.1, -0.05) is 43.5 Å². The van der Waals surface area contributed by atoms with Crippen molar-refractivity contribution in [1.82, 2.24) is 10.8 Å². The van der Waals surface area contributed by atoms with E-state index in [1.54, 1.807) is 17.6 Å². The topological polar surface area (TPSA) is 90.9 Å². The van der Waals surface area contributed by atoms with Gasteiger partial charge in [0.1, 0.15) is 12.1 Å². The van der Waals surface area contributed by atoms with Crippen molar-refractivity contribution in [2.24, 2.45) is 11.8 Å². The van der Waals surface area contributed by atoms with Gasteiger partial charge in [0, 0.05) is 30.9 Å². The van der Waals surface area contributed by atoms with Crippen LogP contribution in [0.2, 0.25) is 0 Å². The van der Waals surface area contributed by atoms with Gasteiger partial charge in [-0.05, 0) is 118 Å². The number of carbonyl (C=O) groups excluding carboxylic acids is 2. The third-order valence-electron chi connectivity index (χ3n) is 9.80. The molecule has 2 saturated carbocycles. The normalized spacial score (nSPS) is 19.5. The molecule has 2 aromatic rings. The van der Waals surface area contributed by atoms with Gasteiger partial charge in [-0.15, -0.1) is 0 Å². The number of ether oxygens (including phenoxy) is 1. The van der Waals surface area contributed by atoms with Gasteiger partial charge in [0.05, 0.1) is 0 Å². The fourth-order valence-corrected chi connectivity index (χ4v) is 7.17. The van der Waals surface area contributed by atoms with E-state index in [1.165, 1.54) is 68.9 Å². The summed E-state index contributed by atoms with van der Waals surface area (Å²) in [7, 11) is 0. The largest absolute Gasteiger partial charge is 0.461 e. The third-order valence-corrected chi connectivity index (χ3v) is 9.80. The molecule has 0 spiro atoms. The van der Waals surface area contributed by atoms with E-state index in [0.29, 0.717) is 18.0 Å². The number of nitrogens with zero attached hydrogens (tertiary/aromatic N) is 1. The second-order valence-electron chi connectivity index (χ2n) is 12.7. The Labute approximate surface area is 251 Å². The van der Waals surface area contributed by atoms with Crippen LogP contribution < -0.4 is 15.7 Å². The summed E-state index contributed by atoms with van der Waals surface area (Å²) in [5.41, 5.74) is 5.89. The Kier molecular flexibility index (Phi) is 11.3. The average Bonchev–Trinajstić information content (AvgIpc) is 3.55. The van der Waals surface area contributed by atoms with Crippen LogP contribution in [-0.4, -0.2) is 42.3 Å². The Bertz CT molecular complexity index is 1120. The van der Waals surface area contributed by atoms with Crippen molar-refractivity contribution in [3.63, 3.8) is 0 Å². The SMILES string of the molecule is O=C(NO)c1ccc(N2CCC(CCCc3ccc(CN[C@H](C(=O)OC4CCCC4)C4CCCCC4)cc3)CC2)cc1. The molecule has 0 bridgehead atoms. The molecule has 1 heterocycles. The van der Waals surface area contributed by atoms with Crippen LogP contribution in [0.3, 0.4) is 0 Å². The number of rotatable bonds is 12. The quantitative estimate of drug-likeness (QED) is 0.151. The van der Waals surface area contributed by atoms with Crippen molar-refractivity contribution in [2.75, 3.05) is 18.0 Å². The molecule has 2 aromatic carbocycles. The van der Waals surface area contributed by atoms with Gasteiger partial charge in [-0.2, -0.15) is 0 Å². The Morgan fingerprint density at radius 1 is 0.833 bits per heavy atom. The molecule has 228 valence electrons. The zero-order valence-electron chi connectivity index (χ0n) is 25.1. The van der Waals surface area contributed by atoms with Crippen LogP contribution in [0.1, 0.15) is 105 Å². The fraction of sp³-hybridized carbons (Fsp3) is 0.600. The number of amides is 1. The van der Waals surface area contributed by atoms with Crippen LogP contribution in [0.5, 0.6) is 0 Å². The van der Waals surface area contributed by atoms with E-state index < -0.39 is 5.91 Å². The molecular formula is C35H49N3O4. The Morgan fingerprint density at radius 3 is 2.14 bits per heavy atom. The number of aryl methyl sites for hydroxylation is 1. The number of benzene rings is 2. The number of hydrogen-bond donors (Lipinski definition) is 3. The third kappa shape index (κ3) is 8.57. The maximum Gasteiger partial charge on any atom is 0.323 e. The van der Waals surface area contributed by atoms with E-state index >= 15 is 0 Å². The van der Waals surface area contributed by atoms with Crippen molar-refractivity contribution in [1.29, 1.82) is 0 Å². The van der Waals surface area contributed by atoms with Crippen LogP contribution >= 0.6 is 0 Å². The average molecular weight is 576 g/mol. The molecule has 1 amide bonds.